The second kappa shape index (κ2) is 9.36. The van der Waals surface area contributed by atoms with E-state index in [0.29, 0.717) is 18.1 Å². The van der Waals surface area contributed by atoms with Crippen molar-refractivity contribution in [1.82, 2.24) is 10.6 Å². The smallest absolute Gasteiger partial charge is 0.387 e. The van der Waals surface area contributed by atoms with Gasteiger partial charge < -0.3 is 20.1 Å². The molecule has 2 N–H and O–H groups in total. The standard InChI is InChI=1S/C16H23F2N3O2.HI/c1-11-4-5-13(23-14(17)18)12(6-11)7-20-15(19-3)21-8-16(2)9-22-10-16;/h4-6,14H,7-10H2,1-3H3,(H2,19,20,21);1H. The monoisotopic (exact) mass is 455 g/mol. The molecule has 5 nitrogen and oxygen atoms in total. The highest BCUT2D eigenvalue weighted by Gasteiger charge is 2.33. The minimum atomic E-state index is -2.84. The summed E-state index contributed by atoms with van der Waals surface area (Å²) < 4.78 is 34.7. The van der Waals surface area contributed by atoms with Crippen molar-refractivity contribution in [2.75, 3.05) is 26.8 Å². The van der Waals surface area contributed by atoms with Gasteiger partial charge in [0.2, 0.25) is 0 Å². The maximum Gasteiger partial charge on any atom is 0.387 e. The molecule has 1 aliphatic heterocycles. The summed E-state index contributed by atoms with van der Waals surface area (Å²) >= 11 is 0. The fourth-order valence-electron chi connectivity index (χ4n) is 2.31. The molecule has 0 aromatic heterocycles. The number of guanidine groups is 1. The number of nitrogens with one attached hydrogen (secondary N) is 2. The fourth-order valence-corrected chi connectivity index (χ4v) is 2.31. The van der Waals surface area contributed by atoms with E-state index in [2.05, 4.69) is 27.3 Å². The van der Waals surface area contributed by atoms with Crippen LogP contribution in [0.4, 0.5) is 8.78 Å². The van der Waals surface area contributed by atoms with E-state index in [4.69, 9.17) is 4.74 Å². The van der Waals surface area contributed by atoms with Crippen molar-refractivity contribution >= 4 is 29.9 Å². The van der Waals surface area contributed by atoms with E-state index in [1.54, 1.807) is 19.2 Å². The van der Waals surface area contributed by atoms with Gasteiger partial charge in [0, 0.05) is 31.1 Å². The highest BCUT2D eigenvalue weighted by atomic mass is 127. The lowest BCUT2D eigenvalue weighted by molar-refractivity contribution is -0.0971. The molecule has 0 atom stereocenters. The van der Waals surface area contributed by atoms with E-state index in [0.717, 1.165) is 25.3 Å². The van der Waals surface area contributed by atoms with Gasteiger partial charge in [0.15, 0.2) is 5.96 Å². The molecule has 1 aromatic rings. The van der Waals surface area contributed by atoms with E-state index >= 15 is 0 Å². The Morgan fingerprint density at radius 1 is 1.38 bits per heavy atom. The summed E-state index contributed by atoms with van der Waals surface area (Å²) in [6, 6.07) is 5.12. The van der Waals surface area contributed by atoms with E-state index < -0.39 is 6.61 Å². The minimum absolute atomic E-state index is 0. The summed E-state index contributed by atoms with van der Waals surface area (Å²) in [5.41, 5.74) is 1.75. The molecule has 0 aliphatic carbocycles. The van der Waals surface area contributed by atoms with Crippen LogP contribution in [0.15, 0.2) is 23.2 Å². The molecule has 1 fully saturated rings. The van der Waals surface area contributed by atoms with E-state index in [9.17, 15) is 8.78 Å². The number of nitrogens with zero attached hydrogens (tertiary/aromatic N) is 1. The lowest BCUT2D eigenvalue weighted by Crippen LogP contribution is -2.50. The number of benzene rings is 1. The highest BCUT2D eigenvalue weighted by Crippen LogP contribution is 2.25. The van der Waals surface area contributed by atoms with Crippen LogP contribution in [0.3, 0.4) is 0 Å². The Morgan fingerprint density at radius 2 is 2.08 bits per heavy atom. The van der Waals surface area contributed by atoms with Crippen LogP contribution in [0.5, 0.6) is 5.75 Å². The highest BCUT2D eigenvalue weighted by molar-refractivity contribution is 14.0. The SMILES string of the molecule is CN=C(NCc1cc(C)ccc1OC(F)F)NCC1(C)COC1.I. The Balaban J connectivity index is 0.00000288. The van der Waals surface area contributed by atoms with Crippen molar-refractivity contribution in [2.24, 2.45) is 10.4 Å². The molecule has 0 radical (unpaired) electrons. The molecule has 1 aliphatic rings. The van der Waals surface area contributed by atoms with Gasteiger partial charge >= 0.3 is 6.61 Å². The van der Waals surface area contributed by atoms with Crippen molar-refractivity contribution in [3.8, 4) is 5.75 Å². The molecule has 0 spiro atoms. The van der Waals surface area contributed by atoms with Gasteiger partial charge in [0.25, 0.3) is 0 Å². The largest absolute Gasteiger partial charge is 0.434 e. The first-order valence-electron chi connectivity index (χ1n) is 7.48. The molecule has 1 aromatic carbocycles. The van der Waals surface area contributed by atoms with Crippen LogP contribution < -0.4 is 15.4 Å². The summed E-state index contributed by atoms with van der Waals surface area (Å²) in [6.07, 6.45) is 0. The van der Waals surface area contributed by atoms with Crippen molar-refractivity contribution in [2.45, 2.75) is 27.0 Å². The van der Waals surface area contributed by atoms with Crippen LogP contribution in [0.2, 0.25) is 0 Å². The Bertz CT molecular complexity index is 566. The minimum Gasteiger partial charge on any atom is -0.434 e. The number of aliphatic imine (C=N–C) groups is 1. The van der Waals surface area contributed by atoms with Gasteiger partial charge in [-0.2, -0.15) is 8.78 Å². The van der Waals surface area contributed by atoms with Crippen molar-refractivity contribution < 1.29 is 18.3 Å². The Kier molecular flexibility index (Phi) is 8.14. The van der Waals surface area contributed by atoms with Crippen molar-refractivity contribution in [3.05, 3.63) is 29.3 Å². The molecule has 0 unspecified atom stereocenters. The van der Waals surface area contributed by atoms with Crippen molar-refractivity contribution in [3.63, 3.8) is 0 Å². The van der Waals surface area contributed by atoms with E-state index in [-0.39, 0.29) is 35.1 Å². The van der Waals surface area contributed by atoms with Gasteiger partial charge in [0.05, 0.1) is 13.2 Å². The number of alkyl halides is 2. The molecule has 2 rings (SSSR count). The van der Waals surface area contributed by atoms with Gasteiger partial charge in [-0.3, -0.25) is 4.99 Å². The number of halogens is 3. The summed E-state index contributed by atoms with van der Waals surface area (Å²) in [5, 5.41) is 6.35. The first-order valence-corrected chi connectivity index (χ1v) is 7.48. The molecule has 0 saturated carbocycles. The third kappa shape index (κ3) is 6.04. The second-order valence-electron chi connectivity index (χ2n) is 6.07. The van der Waals surface area contributed by atoms with E-state index in [1.165, 1.54) is 0 Å². The third-order valence-electron chi connectivity index (χ3n) is 3.69. The molecule has 0 bridgehead atoms. The maximum atomic E-state index is 12.5. The Labute approximate surface area is 158 Å². The number of hydrogen-bond acceptors (Lipinski definition) is 3. The molecular formula is C16H24F2IN3O2. The van der Waals surface area contributed by atoms with Crippen LogP contribution in [-0.4, -0.2) is 39.4 Å². The van der Waals surface area contributed by atoms with Crippen LogP contribution in [0.25, 0.3) is 0 Å². The molecule has 136 valence electrons. The van der Waals surface area contributed by atoms with Crippen LogP contribution in [0, 0.1) is 12.3 Å². The average Bonchev–Trinajstić information content (AvgIpc) is 2.47. The Hall–Kier alpha value is -1.16. The molecule has 0 amide bonds. The summed E-state index contributed by atoms with van der Waals surface area (Å²) in [4.78, 5) is 4.14. The van der Waals surface area contributed by atoms with Gasteiger partial charge in [0.1, 0.15) is 5.75 Å². The maximum absolute atomic E-state index is 12.5. The topological polar surface area (TPSA) is 54.9 Å². The number of aryl methyl sites for hydroxylation is 1. The number of rotatable bonds is 6. The quantitative estimate of drug-likeness (QED) is 0.394. The van der Waals surface area contributed by atoms with E-state index in [1.807, 2.05) is 13.0 Å². The fraction of sp³-hybridized carbons (Fsp3) is 0.562. The predicted octanol–water partition coefficient (Wildman–Crippen LogP) is 2.92. The van der Waals surface area contributed by atoms with Gasteiger partial charge in [-0.05, 0) is 13.0 Å². The lowest BCUT2D eigenvalue weighted by atomic mass is 9.89. The first kappa shape index (κ1) is 20.9. The lowest BCUT2D eigenvalue weighted by Gasteiger charge is -2.38. The zero-order valence-corrected chi connectivity index (χ0v) is 16.4. The van der Waals surface area contributed by atoms with Crippen molar-refractivity contribution in [1.29, 1.82) is 0 Å². The van der Waals surface area contributed by atoms with Gasteiger partial charge in [-0.1, -0.05) is 24.6 Å². The normalized spacial score (nSPS) is 16.2. The second-order valence-corrected chi connectivity index (χ2v) is 6.07. The number of hydrogen-bond donors (Lipinski definition) is 2. The van der Waals surface area contributed by atoms with Crippen LogP contribution in [-0.2, 0) is 11.3 Å². The Morgan fingerprint density at radius 3 is 2.62 bits per heavy atom. The number of ether oxygens (including phenoxy) is 2. The van der Waals surface area contributed by atoms with Gasteiger partial charge in [-0.25, -0.2) is 0 Å². The molecular weight excluding hydrogens is 431 g/mol. The summed E-state index contributed by atoms with van der Waals surface area (Å²) in [7, 11) is 1.67. The predicted molar refractivity (Wildman–Crippen MR) is 100 cm³/mol. The first-order chi connectivity index (χ1) is 10.9. The van der Waals surface area contributed by atoms with Crippen LogP contribution >= 0.6 is 24.0 Å². The third-order valence-corrected chi connectivity index (χ3v) is 3.69. The average molecular weight is 455 g/mol. The van der Waals surface area contributed by atoms with Crippen LogP contribution in [0.1, 0.15) is 18.1 Å². The molecule has 24 heavy (non-hydrogen) atoms. The zero-order chi connectivity index (χ0) is 16.9. The van der Waals surface area contributed by atoms with Gasteiger partial charge in [-0.15, -0.1) is 24.0 Å². The zero-order valence-electron chi connectivity index (χ0n) is 14.1. The summed E-state index contributed by atoms with van der Waals surface area (Å²) in [6.45, 7) is 3.72. The summed E-state index contributed by atoms with van der Waals surface area (Å²) in [5.74, 6) is 0.788. The molecule has 1 saturated heterocycles. The molecule has 1 heterocycles. The molecule has 8 heteroatoms.